The zero-order chi connectivity index (χ0) is 45.3. The topological polar surface area (TPSA) is 185 Å². The summed E-state index contributed by atoms with van der Waals surface area (Å²) in [6.07, 6.45) is 2.37. The predicted octanol–water partition coefficient (Wildman–Crippen LogP) is 10.0. The molecular weight excluding hydrogens is 828 g/mol. The first-order valence-electron chi connectivity index (χ1n) is 19.4. The number of carbonyl (C=O) groups is 3. The highest BCUT2D eigenvalue weighted by Crippen LogP contribution is 2.19. The van der Waals surface area contributed by atoms with Crippen LogP contribution in [0, 0.1) is 13.1 Å². The highest BCUT2D eigenvalue weighted by Gasteiger charge is 2.24. The number of amides is 1. The molecule has 2 aromatic rings. The predicted molar refractivity (Wildman–Crippen MR) is 232 cm³/mol. The van der Waals surface area contributed by atoms with E-state index < -0.39 is 29.1 Å². The number of ether oxygens (including phenoxy) is 6. The van der Waals surface area contributed by atoms with Crippen molar-refractivity contribution in [3.05, 3.63) is 71.4 Å². The number of hydrogen-bond donors (Lipinski definition) is 3. The molecule has 332 valence electrons. The highest BCUT2D eigenvalue weighted by molar-refractivity contribution is 9.09. The van der Waals surface area contributed by atoms with Gasteiger partial charge in [0.25, 0.3) is 0 Å². The van der Waals surface area contributed by atoms with Crippen molar-refractivity contribution in [3.8, 4) is 11.5 Å². The number of alkyl halides is 1. The van der Waals surface area contributed by atoms with E-state index in [0.717, 1.165) is 36.8 Å². The van der Waals surface area contributed by atoms with Gasteiger partial charge in [0.1, 0.15) is 28.3 Å². The maximum Gasteiger partial charge on any atom is 0.519 e. The number of nitrogens with two attached hydrogens (primary N) is 1. The number of halogens is 1. The average molecular weight is 896 g/mol. The molecule has 15 nitrogen and oxygen atoms in total. The van der Waals surface area contributed by atoms with Gasteiger partial charge in [-0.3, -0.25) is 0 Å². The van der Waals surface area contributed by atoms with Crippen molar-refractivity contribution in [1.82, 2.24) is 4.90 Å². The molecule has 2 aromatic carbocycles. The minimum Gasteiger partial charge on any atom is -0.494 e. The molecule has 0 fully saturated rings. The van der Waals surface area contributed by atoms with E-state index in [0.29, 0.717) is 62.8 Å². The molecule has 0 aliphatic rings. The van der Waals surface area contributed by atoms with Crippen LogP contribution in [0.4, 0.5) is 25.8 Å². The van der Waals surface area contributed by atoms with Crippen LogP contribution in [0.3, 0.4) is 0 Å². The average Bonchev–Trinajstić information content (AvgIpc) is 3.14. The Labute approximate surface area is 360 Å². The summed E-state index contributed by atoms with van der Waals surface area (Å²) in [5, 5.41) is 18.0. The Morgan fingerprint density at radius 2 is 1.02 bits per heavy atom. The smallest absolute Gasteiger partial charge is 0.494 e. The Morgan fingerprint density at radius 3 is 1.36 bits per heavy atom. The summed E-state index contributed by atoms with van der Waals surface area (Å²) in [7, 11) is 0. The third-order valence-corrected chi connectivity index (χ3v) is 6.93. The van der Waals surface area contributed by atoms with Gasteiger partial charge >= 0.3 is 18.4 Å². The quantitative estimate of drug-likeness (QED) is 0.0362. The Bertz CT molecular complexity index is 1480. The second kappa shape index (κ2) is 32.3. The molecule has 16 heteroatoms. The molecule has 0 aliphatic heterocycles. The Morgan fingerprint density at radius 1 is 0.627 bits per heavy atom. The van der Waals surface area contributed by atoms with Crippen LogP contribution in [0.15, 0.2) is 48.5 Å². The largest absolute Gasteiger partial charge is 0.519 e. The van der Waals surface area contributed by atoms with Crippen LogP contribution in [-0.4, -0.2) is 102 Å². The van der Waals surface area contributed by atoms with Gasteiger partial charge in [0.15, 0.2) is 11.4 Å². The van der Waals surface area contributed by atoms with Crippen LogP contribution in [0.1, 0.15) is 101 Å². The minimum atomic E-state index is -1.06. The van der Waals surface area contributed by atoms with E-state index in [4.69, 9.17) is 52.8 Å². The van der Waals surface area contributed by atoms with Gasteiger partial charge in [0.2, 0.25) is 0 Å². The summed E-state index contributed by atoms with van der Waals surface area (Å²) in [4.78, 5) is 42.6. The van der Waals surface area contributed by atoms with Crippen molar-refractivity contribution in [1.29, 1.82) is 0 Å². The number of unbranched alkanes of at least 4 members (excludes halogenated alkanes) is 2. The highest BCUT2D eigenvalue weighted by atomic mass is 79.9. The van der Waals surface area contributed by atoms with Gasteiger partial charge in [-0.15, -0.1) is 0 Å². The monoisotopic (exact) mass is 894 g/mol. The molecule has 1 amide bonds. The van der Waals surface area contributed by atoms with Gasteiger partial charge in [-0.05, 0) is 132 Å². The summed E-state index contributed by atoms with van der Waals surface area (Å²) >= 11 is 3.33. The first kappa shape index (κ1) is 56.5. The number of carbonyl (C=O) groups excluding carboxylic acids is 3. The second-order valence-corrected chi connectivity index (χ2v) is 16.2. The van der Waals surface area contributed by atoms with Crippen molar-refractivity contribution in [2.24, 2.45) is 5.73 Å². The molecule has 0 saturated carbocycles. The van der Waals surface area contributed by atoms with Gasteiger partial charge in [0, 0.05) is 31.6 Å². The molecule has 0 saturated heterocycles. The van der Waals surface area contributed by atoms with E-state index in [1.165, 1.54) is 0 Å². The lowest BCUT2D eigenvalue weighted by Crippen LogP contribution is -2.38. The lowest BCUT2D eigenvalue weighted by atomic mass is 10.2. The third kappa shape index (κ3) is 36.2. The van der Waals surface area contributed by atoms with E-state index in [2.05, 4.69) is 30.4 Å². The van der Waals surface area contributed by atoms with Gasteiger partial charge in [0.05, 0.1) is 26.4 Å². The molecule has 0 radical (unpaired) electrons. The number of rotatable bonds is 16. The fourth-order valence-electron chi connectivity index (χ4n) is 3.82. The molecule has 0 atom stereocenters. The van der Waals surface area contributed by atoms with Crippen LogP contribution in [-0.2, 0) is 18.9 Å². The van der Waals surface area contributed by atoms with E-state index in [9.17, 15) is 14.4 Å². The molecule has 2 rings (SSSR count). The van der Waals surface area contributed by atoms with Crippen LogP contribution < -0.4 is 15.2 Å². The summed E-state index contributed by atoms with van der Waals surface area (Å²) in [6, 6.07) is 14.1. The molecule has 4 N–H and O–H groups in total. The number of aliphatic hydroxyl groups is 2. The van der Waals surface area contributed by atoms with Crippen LogP contribution in [0.2, 0.25) is 0 Å². The van der Waals surface area contributed by atoms with Crippen LogP contribution in [0.25, 0.3) is 9.69 Å². The van der Waals surface area contributed by atoms with E-state index in [1.54, 1.807) is 82.8 Å². The first-order chi connectivity index (χ1) is 27.6. The molecule has 0 aromatic heterocycles. The van der Waals surface area contributed by atoms with Gasteiger partial charge in [-0.25, -0.2) is 24.1 Å². The number of benzene rings is 2. The van der Waals surface area contributed by atoms with Crippen molar-refractivity contribution >= 4 is 45.7 Å². The SMILES string of the molecule is CC(C)(C)OC(=O)OC(=O)OC(C)(C)C.NCCCCO.[C-]#[N+]c1ccc(OCCCBr)cc1.[C-]#[N+]c1ccc(OCCCN(CCCCO)C(=O)OC(C)(C)C)cc1. The third-order valence-electron chi connectivity index (χ3n) is 6.37. The zero-order valence-electron chi connectivity index (χ0n) is 36.4. The first-order valence-corrected chi connectivity index (χ1v) is 20.6. The fraction of sp³-hybridized carbons (Fsp3) is 0.605. The molecule has 0 heterocycles. The zero-order valence-corrected chi connectivity index (χ0v) is 38.0. The van der Waals surface area contributed by atoms with Crippen LogP contribution in [0.5, 0.6) is 11.5 Å². The summed E-state index contributed by atoms with van der Waals surface area (Å²) in [5.41, 5.74) is 4.40. The number of hydrogen-bond acceptors (Lipinski definition) is 12. The molecule has 59 heavy (non-hydrogen) atoms. The summed E-state index contributed by atoms with van der Waals surface area (Å²) in [6.45, 7) is 32.6. The lowest BCUT2D eigenvalue weighted by Gasteiger charge is -2.27. The standard InChI is InChI=1S/C19H28N2O4.C10H10BrNO.C10H18O5.C4H11NO/c1-19(2,3)25-18(23)21(12-5-6-14-22)13-7-15-24-17-10-8-16(20-4)9-11-17;1-12-9-3-5-10(6-4-9)13-8-2-7-11;1-9(2,3)14-7(11)13-8(12)15-10(4,5)6;5-3-1-2-4-6/h8-11,22H,5-7,12-15H2,1-3H3;3-6H,2,7-8H2;1-6H3;6H,1-5H2. The lowest BCUT2D eigenvalue weighted by molar-refractivity contribution is -0.0294. The second-order valence-electron chi connectivity index (χ2n) is 15.5. The van der Waals surface area contributed by atoms with Crippen molar-refractivity contribution < 1.29 is 53.0 Å². The van der Waals surface area contributed by atoms with Gasteiger partial charge in [-0.1, -0.05) is 40.2 Å². The summed E-state index contributed by atoms with van der Waals surface area (Å²) < 4.78 is 30.3. The van der Waals surface area contributed by atoms with Crippen molar-refractivity contribution in [3.63, 3.8) is 0 Å². The minimum absolute atomic E-state index is 0.117. The number of aliphatic hydroxyl groups excluding tert-OH is 2. The van der Waals surface area contributed by atoms with E-state index in [1.807, 2.05) is 32.9 Å². The van der Waals surface area contributed by atoms with Crippen molar-refractivity contribution in [2.45, 2.75) is 118 Å². The normalized spacial score (nSPS) is 10.6. The van der Waals surface area contributed by atoms with Crippen LogP contribution >= 0.6 is 15.9 Å². The Hall–Kier alpha value is -4.61. The Kier molecular flexibility index (Phi) is 30.9. The number of nitrogens with zero attached hydrogens (tertiary/aromatic N) is 3. The molecular formula is C43H67BrN4O11. The Balaban J connectivity index is 0. The molecule has 0 aliphatic carbocycles. The maximum absolute atomic E-state index is 12.3. The van der Waals surface area contributed by atoms with E-state index >= 15 is 0 Å². The van der Waals surface area contributed by atoms with Gasteiger partial charge in [-0.2, -0.15) is 0 Å². The summed E-state index contributed by atoms with van der Waals surface area (Å²) in [5.74, 6) is 1.53. The van der Waals surface area contributed by atoms with E-state index in [-0.39, 0.29) is 19.3 Å². The van der Waals surface area contributed by atoms with Gasteiger partial charge < -0.3 is 49.3 Å². The maximum atomic E-state index is 12.3. The molecule has 0 bridgehead atoms. The fourth-order valence-corrected chi connectivity index (χ4v) is 4.05. The van der Waals surface area contributed by atoms with Crippen molar-refractivity contribution in [2.75, 3.05) is 51.4 Å². The molecule has 0 unspecified atom stereocenters. The molecule has 0 spiro atoms.